The minimum Gasteiger partial charge on any atom is -0.464 e. The van der Waals surface area contributed by atoms with E-state index in [0.717, 1.165) is 5.56 Å². The highest BCUT2D eigenvalue weighted by molar-refractivity contribution is 6.33. The SMILES string of the molecule is COC(=O)C1=CC(NC(C)c2cc(Cl)ccc2Cl)=C(NC(=O)OC(C)(C)C)NN1. The van der Waals surface area contributed by atoms with Gasteiger partial charge in [0, 0.05) is 10.0 Å². The van der Waals surface area contributed by atoms with Gasteiger partial charge in [-0.25, -0.2) is 9.59 Å². The van der Waals surface area contributed by atoms with Crippen LogP contribution in [0.3, 0.4) is 0 Å². The van der Waals surface area contributed by atoms with Gasteiger partial charge in [-0.05, 0) is 57.5 Å². The van der Waals surface area contributed by atoms with Crippen LogP contribution in [-0.4, -0.2) is 24.8 Å². The number of rotatable bonds is 5. The van der Waals surface area contributed by atoms with Gasteiger partial charge in [0.15, 0.2) is 5.82 Å². The molecule has 1 aliphatic rings. The summed E-state index contributed by atoms with van der Waals surface area (Å²) in [5, 5.41) is 6.88. The van der Waals surface area contributed by atoms with E-state index in [1.807, 2.05) is 6.92 Å². The van der Waals surface area contributed by atoms with Crippen LogP contribution in [0.1, 0.15) is 39.3 Å². The Balaban J connectivity index is 2.33. The zero-order chi connectivity index (χ0) is 21.8. The highest BCUT2D eigenvalue weighted by Crippen LogP contribution is 2.27. The van der Waals surface area contributed by atoms with Crippen molar-refractivity contribution in [2.45, 2.75) is 39.3 Å². The van der Waals surface area contributed by atoms with Crippen molar-refractivity contribution in [1.29, 1.82) is 0 Å². The molecule has 0 aromatic heterocycles. The average molecular weight is 443 g/mol. The first-order chi connectivity index (χ1) is 13.5. The Bertz CT molecular complexity index is 862. The molecule has 1 atom stereocenters. The molecule has 1 aromatic rings. The van der Waals surface area contributed by atoms with Crippen molar-refractivity contribution in [1.82, 2.24) is 21.5 Å². The second kappa shape index (κ2) is 9.28. The largest absolute Gasteiger partial charge is 0.464 e. The number of nitrogens with one attached hydrogen (secondary N) is 4. The molecule has 8 nitrogen and oxygen atoms in total. The van der Waals surface area contributed by atoms with Crippen molar-refractivity contribution < 1.29 is 19.1 Å². The number of carbonyl (C=O) groups is 2. The van der Waals surface area contributed by atoms with E-state index in [-0.39, 0.29) is 17.6 Å². The van der Waals surface area contributed by atoms with Crippen molar-refractivity contribution in [3.63, 3.8) is 0 Å². The minimum atomic E-state index is -0.672. The monoisotopic (exact) mass is 442 g/mol. The molecular weight excluding hydrogens is 419 g/mol. The fourth-order valence-corrected chi connectivity index (χ4v) is 2.91. The van der Waals surface area contributed by atoms with Crippen molar-refractivity contribution in [3.8, 4) is 0 Å². The molecule has 4 N–H and O–H groups in total. The van der Waals surface area contributed by atoms with E-state index in [4.69, 9.17) is 32.7 Å². The number of carbonyl (C=O) groups excluding carboxylic acids is 2. The summed E-state index contributed by atoms with van der Waals surface area (Å²) in [5.74, 6) is -0.321. The number of ether oxygens (including phenoxy) is 2. The van der Waals surface area contributed by atoms with Gasteiger partial charge in [0.25, 0.3) is 0 Å². The van der Waals surface area contributed by atoms with Gasteiger partial charge in [0.2, 0.25) is 0 Å². The maximum Gasteiger partial charge on any atom is 0.413 e. The number of allylic oxidation sites excluding steroid dienone is 1. The maximum absolute atomic E-state index is 12.2. The number of alkyl carbamates (subject to hydrolysis) is 1. The van der Waals surface area contributed by atoms with E-state index < -0.39 is 17.7 Å². The summed E-state index contributed by atoms with van der Waals surface area (Å²) in [4.78, 5) is 24.1. The summed E-state index contributed by atoms with van der Waals surface area (Å²) in [6.07, 6.45) is 0.841. The molecule has 1 aliphatic heterocycles. The smallest absolute Gasteiger partial charge is 0.413 e. The predicted molar refractivity (Wildman–Crippen MR) is 111 cm³/mol. The van der Waals surface area contributed by atoms with Gasteiger partial charge in [-0.15, -0.1) is 0 Å². The molecule has 0 radical (unpaired) electrons. The zero-order valence-electron chi connectivity index (χ0n) is 16.8. The first kappa shape index (κ1) is 22.7. The second-order valence-electron chi connectivity index (χ2n) is 7.25. The highest BCUT2D eigenvalue weighted by atomic mass is 35.5. The lowest BCUT2D eigenvalue weighted by atomic mass is 10.1. The Morgan fingerprint density at radius 3 is 2.48 bits per heavy atom. The summed E-state index contributed by atoms with van der Waals surface area (Å²) < 4.78 is 10.0. The van der Waals surface area contributed by atoms with E-state index in [1.165, 1.54) is 13.2 Å². The lowest BCUT2D eigenvalue weighted by Crippen LogP contribution is -2.47. The molecule has 0 saturated carbocycles. The maximum atomic E-state index is 12.2. The topological polar surface area (TPSA) is 101 Å². The Morgan fingerprint density at radius 2 is 1.86 bits per heavy atom. The predicted octanol–water partition coefficient (Wildman–Crippen LogP) is 3.50. The lowest BCUT2D eigenvalue weighted by molar-refractivity contribution is -0.136. The van der Waals surface area contributed by atoms with Crippen LogP contribution in [0.15, 0.2) is 41.5 Å². The first-order valence-corrected chi connectivity index (χ1v) is 9.53. The van der Waals surface area contributed by atoms with Gasteiger partial charge >= 0.3 is 12.1 Å². The molecule has 0 saturated heterocycles. The van der Waals surface area contributed by atoms with Crippen LogP contribution in [0.2, 0.25) is 10.0 Å². The molecule has 1 aromatic carbocycles. The fraction of sp³-hybridized carbons (Fsp3) is 0.368. The number of benzene rings is 1. The molecule has 1 amide bonds. The molecule has 29 heavy (non-hydrogen) atoms. The van der Waals surface area contributed by atoms with Crippen molar-refractivity contribution in [3.05, 3.63) is 57.1 Å². The van der Waals surface area contributed by atoms with E-state index in [1.54, 1.807) is 39.0 Å². The van der Waals surface area contributed by atoms with Crippen LogP contribution in [0.5, 0.6) is 0 Å². The van der Waals surface area contributed by atoms with Crippen molar-refractivity contribution in [2.24, 2.45) is 0 Å². The molecule has 10 heteroatoms. The van der Waals surface area contributed by atoms with E-state index in [9.17, 15) is 9.59 Å². The Morgan fingerprint density at radius 1 is 1.17 bits per heavy atom. The number of hydrazine groups is 1. The van der Waals surface area contributed by atoms with E-state index in [0.29, 0.717) is 15.7 Å². The molecule has 158 valence electrons. The Kier molecular flexibility index (Phi) is 7.26. The quantitative estimate of drug-likeness (QED) is 0.517. The molecule has 0 fully saturated rings. The summed E-state index contributed by atoms with van der Waals surface area (Å²) >= 11 is 12.4. The van der Waals surface area contributed by atoms with Gasteiger partial charge in [-0.1, -0.05) is 23.2 Å². The first-order valence-electron chi connectivity index (χ1n) is 8.78. The third kappa shape index (κ3) is 6.47. The van der Waals surface area contributed by atoms with Crippen LogP contribution >= 0.6 is 23.2 Å². The lowest BCUT2D eigenvalue weighted by Gasteiger charge is -2.27. The standard InChI is InChI=1S/C19H24Cl2N4O4/c1-10(12-8-11(20)6-7-13(12)21)22-14-9-15(17(26)28-5)24-25-16(14)23-18(27)29-19(2,3)4/h6-10,22,24-25H,1-5H3,(H,23,27). The summed E-state index contributed by atoms with van der Waals surface area (Å²) in [7, 11) is 1.27. The van der Waals surface area contributed by atoms with Gasteiger partial charge in [-0.3, -0.25) is 16.2 Å². The molecule has 1 heterocycles. The number of hydrogen-bond donors (Lipinski definition) is 4. The van der Waals surface area contributed by atoms with Crippen LogP contribution in [0.25, 0.3) is 0 Å². The number of amides is 1. The van der Waals surface area contributed by atoms with Gasteiger partial charge < -0.3 is 14.8 Å². The number of methoxy groups -OCH3 is 1. The molecule has 1 unspecified atom stereocenters. The van der Waals surface area contributed by atoms with Crippen molar-refractivity contribution >= 4 is 35.3 Å². The Labute approximate surface area is 179 Å². The summed E-state index contributed by atoms with van der Waals surface area (Å²) in [5.41, 5.74) is 6.07. The summed E-state index contributed by atoms with van der Waals surface area (Å²) in [6, 6.07) is 4.82. The normalized spacial score (nSPS) is 14.8. The zero-order valence-corrected chi connectivity index (χ0v) is 18.3. The van der Waals surface area contributed by atoms with E-state index in [2.05, 4.69) is 21.5 Å². The fourth-order valence-electron chi connectivity index (χ4n) is 2.45. The molecule has 2 rings (SSSR count). The Hall–Kier alpha value is -2.58. The third-order valence-corrected chi connectivity index (χ3v) is 4.29. The van der Waals surface area contributed by atoms with Crippen molar-refractivity contribution in [2.75, 3.05) is 7.11 Å². The van der Waals surface area contributed by atoms with Crippen LogP contribution < -0.4 is 21.5 Å². The minimum absolute atomic E-state index is 0.147. The third-order valence-electron chi connectivity index (χ3n) is 3.71. The average Bonchev–Trinajstić information content (AvgIpc) is 2.62. The summed E-state index contributed by atoms with van der Waals surface area (Å²) in [6.45, 7) is 7.13. The van der Waals surface area contributed by atoms with Gasteiger partial charge in [0.05, 0.1) is 18.8 Å². The number of esters is 1. The molecular formula is C19H24Cl2N4O4. The highest BCUT2D eigenvalue weighted by Gasteiger charge is 2.24. The number of hydrogen-bond acceptors (Lipinski definition) is 7. The van der Waals surface area contributed by atoms with Gasteiger partial charge in [0.1, 0.15) is 11.3 Å². The molecule has 0 spiro atoms. The van der Waals surface area contributed by atoms with Crippen LogP contribution in [0.4, 0.5) is 4.79 Å². The van der Waals surface area contributed by atoms with Gasteiger partial charge in [-0.2, -0.15) is 0 Å². The van der Waals surface area contributed by atoms with Crippen LogP contribution in [0, 0.1) is 0 Å². The molecule has 0 bridgehead atoms. The number of halogens is 2. The second-order valence-corrected chi connectivity index (χ2v) is 8.09. The van der Waals surface area contributed by atoms with E-state index >= 15 is 0 Å². The van der Waals surface area contributed by atoms with Crippen LogP contribution in [-0.2, 0) is 14.3 Å². The molecule has 0 aliphatic carbocycles.